The maximum atomic E-state index is 13.1. The van der Waals surface area contributed by atoms with Crippen molar-refractivity contribution in [3.05, 3.63) is 63.9 Å². The van der Waals surface area contributed by atoms with E-state index in [0.717, 1.165) is 16.4 Å². The van der Waals surface area contributed by atoms with Crippen LogP contribution < -0.4 is 5.32 Å². The zero-order valence-electron chi connectivity index (χ0n) is 10.3. The Hall–Kier alpha value is -1.33. The van der Waals surface area contributed by atoms with Crippen LogP contribution in [0.2, 0.25) is 0 Å². The molecular formula is C14H13BrF2N2. The highest BCUT2D eigenvalue weighted by Crippen LogP contribution is 2.16. The molecule has 0 saturated heterocycles. The number of aromatic nitrogens is 1. The molecule has 2 aromatic rings. The average molecular weight is 327 g/mol. The van der Waals surface area contributed by atoms with Crippen LogP contribution in [0, 0.1) is 11.6 Å². The molecule has 1 N–H and O–H groups in total. The van der Waals surface area contributed by atoms with Gasteiger partial charge in [-0.05, 0) is 52.7 Å². The highest BCUT2D eigenvalue weighted by molar-refractivity contribution is 9.10. The molecule has 5 heteroatoms. The van der Waals surface area contributed by atoms with E-state index in [4.69, 9.17) is 0 Å². The summed E-state index contributed by atoms with van der Waals surface area (Å²) >= 11 is 3.30. The number of benzene rings is 1. The van der Waals surface area contributed by atoms with Crippen LogP contribution in [-0.4, -0.2) is 4.98 Å². The minimum atomic E-state index is -0.829. The Balaban J connectivity index is 2.01. The average Bonchev–Trinajstić information content (AvgIpc) is 2.39. The summed E-state index contributed by atoms with van der Waals surface area (Å²) in [4.78, 5) is 4.29. The number of nitrogens with zero attached hydrogens (tertiary/aromatic N) is 1. The first-order chi connectivity index (χ1) is 9.06. The lowest BCUT2D eigenvalue weighted by atomic mass is 10.1. The van der Waals surface area contributed by atoms with E-state index in [1.165, 1.54) is 6.07 Å². The first kappa shape index (κ1) is 14.1. The van der Waals surface area contributed by atoms with E-state index in [0.29, 0.717) is 12.1 Å². The van der Waals surface area contributed by atoms with E-state index < -0.39 is 11.6 Å². The SMILES string of the molecule is CC(NCc1cccc(Br)n1)c1ccc(F)c(F)c1. The van der Waals surface area contributed by atoms with E-state index in [9.17, 15) is 8.78 Å². The van der Waals surface area contributed by atoms with Crippen LogP contribution in [0.15, 0.2) is 41.0 Å². The van der Waals surface area contributed by atoms with Gasteiger partial charge in [0, 0.05) is 12.6 Å². The standard InChI is InChI=1S/C14H13BrF2N2/c1-9(10-5-6-12(16)13(17)7-10)18-8-11-3-2-4-14(15)19-11/h2-7,9,18H,8H2,1H3. The highest BCUT2D eigenvalue weighted by atomic mass is 79.9. The van der Waals surface area contributed by atoms with Crippen LogP contribution in [0.1, 0.15) is 24.2 Å². The Morgan fingerprint density at radius 2 is 2.00 bits per heavy atom. The molecule has 2 nitrogen and oxygen atoms in total. The largest absolute Gasteiger partial charge is 0.305 e. The smallest absolute Gasteiger partial charge is 0.159 e. The maximum Gasteiger partial charge on any atom is 0.159 e. The normalized spacial score (nSPS) is 12.4. The molecule has 1 aromatic heterocycles. The Bertz CT molecular complexity index is 575. The Kier molecular flexibility index (Phi) is 4.61. The van der Waals surface area contributed by atoms with Crippen molar-refractivity contribution in [3.63, 3.8) is 0 Å². The molecule has 1 atom stereocenters. The van der Waals surface area contributed by atoms with Gasteiger partial charge in [0.25, 0.3) is 0 Å². The topological polar surface area (TPSA) is 24.9 Å². The van der Waals surface area contributed by atoms with Gasteiger partial charge < -0.3 is 5.32 Å². The zero-order chi connectivity index (χ0) is 13.8. The van der Waals surface area contributed by atoms with Gasteiger partial charge in [-0.2, -0.15) is 0 Å². The molecule has 1 heterocycles. The van der Waals surface area contributed by atoms with Gasteiger partial charge in [-0.25, -0.2) is 13.8 Å². The van der Waals surface area contributed by atoms with E-state index in [1.54, 1.807) is 6.07 Å². The van der Waals surface area contributed by atoms with Crippen LogP contribution in [-0.2, 0) is 6.54 Å². The first-order valence-corrected chi connectivity index (χ1v) is 6.65. The number of nitrogens with one attached hydrogen (secondary N) is 1. The molecule has 1 aromatic carbocycles. The van der Waals surface area contributed by atoms with Crippen molar-refractivity contribution in [3.8, 4) is 0 Å². The summed E-state index contributed by atoms with van der Waals surface area (Å²) in [6, 6.07) is 9.48. The second kappa shape index (κ2) is 6.21. The van der Waals surface area contributed by atoms with Gasteiger partial charge in [-0.1, -0.05) is 12.1 Å². The Labute approximate surface area is 119 Å². The van der Waals surface area contributed by atoms with Crippen LogP contribution in [0.5, 0.6) is 0 Å². The van der Waals surface area contributed by atoms with E-state index in [1.807, 2.05) is 25.1 Å². The second-order valence-electron chi connectivity index (χ2n) is 4.23. The molecule has 0 saturated carbocycles. The number of halogens is 3. The minimum absolute atomic E-state index is 0.0871. The van der Waals surface area contributed by atoms with Gasteiger partial charge in [0.1, 0.15) is 4.60 Å². The van der Waals surface area contributed by atoms with Crippen molar-refractivity contribution in [1.29, 1.82) is 0 Å². The summed E-state index contributed by atoms with van der Waals surface area (Å²) in [7, 11) is 0. The molecule has 100 valence electrons. The van der Waals surface area contributed by atoms with Gasteiger partial charge >= 0.3 is 0 Å². The lowest BCUT2D eigenvalue weighted by molar-refractivity contribution is 0.500. The summed E-state index contributed by atoms with van der Waals surface area (Å²) in [5, 5.41) is 3.22. The van der Waals surface area contributed by atoms with Gasteiger partial charge in [0.15, 0.2) is 11.6 Å². The zero-order valence-corrected chi connectivity index (χ0v) is 11.9. The predicted molar refractivity (Wildman–Crippen MR) is 73.5 cm³/mol. The Morgan fingerprint density at radius 1 is 1.21 bits per heavy atom. The lowest BCUT2D eigenvalue weighted by Crippen LogP contribution is -2.19. The molecule has 0 fully saturated rings. The molecule has 0 aliphatic rings. The molecule has 1 unspecified atom stereocenters. The van der Waals surface area contributed by atoms with Gasteiger partial charge in [-0.15, -0.1) is 0 Å². The van der Waals surface area contributed by atoms with E-state index in [-0.39, 0.29) is 6.04 Å². The third-order valence-corrected chi connectivity index (χ3v) is 3.25. The fourth-order valence-corrected chi connectivity index (χ4v) is 2.09. The van der Waals surface area contributed by atoms with Crippen molar-refractivity contribution >= 4 is 15.9 Å². The molecule has 2 rings (SSSR count). The first-order valence-electron chi connectivity index (χ1n) is 5.86. The molecule has 19 heavy (non-hydrogen) atoms. The van der Waals surface area contributed by atoms with Crippen LogP contribution >= 0.6 is 15.9 Å². The van der Waals surface area contributed by atoms with Crippen molar-refractivity contribution < 1.29 is 8.78 Å². The molecule has 0 aliphatic carbocycles. The molecule has 0 aliphatic heterocycles. The quantitative estimate of drug-likeness (QED) is 0.860. The fraction of sp³-hybridized carbons (Fsp3) is 0.214. The molecule has 0 spiro atoms. The number of pyridine rings is 1. The monoisotopic (exact) mass is 326 g/mol. The van der Waals surface area contributed by atoms with Crippen LogP contribution in [0.25, 0.3) is 0 Å². The summed E-state index contributed by atoms with van der Waals surface area (Å²) in [5.74, 6) is -1.66. The predicted octanol–water partition coefficient (Wildman–Crippen LogP) is 3.97. The second-order valence-corrected chi connectivity index (χ2v) is 5.04. The van der Waals surface area contributed by atoms with Crippen molar-refractivity contribution in [2.45, 2.75) is 19.5 Å². The Morgan fingerprint density at radius 3 is 2.68 bits per heavy atom. The summed E-state index contributed by atoms with van der Waals surface area (Å²) in [5.41, 5.74) is 1.58. The summed E-state index contributed by atoms with van der Waals surface area (Å²) in [6.45, 7) is 2.45. The molecular weight excluding hydrogens is 314 g/mol. The van der Waals surface area contributed by atoms with E-state index in [2.05, 4.69) is 26.2 Å². The molecule has 0 bridgehead atoms. The lowest BCUT2D eigenvalue weighted by Gasteiger charge is -2.14. The number of hydrogen-bond acceptors (Lipinski definition) is 2. The van der Waals surface area contributed by atoms with Crippen LogP contribution in [0.4, 0.5) is 8.78 Å². The van der Waals surface area contributed by atoms with E-state index >= 15 is 0 Å². The minimum Gasteiger partial charge on any atom is -0.305 e. The fourth-order valence-electron chi connectivity index (χ4n) is 1.71. The van der Waals surface area contributed by atoms with Crippen molar-refractivity contribution in [1.82, 2.24) is 10.3 Å². The van der Waals surface area contributed by atoms with Gasteiger partial charge in [0.2, 0.25) is 0 Å². The van der Waals surface area contributed by atoms with Crippen LogP contribution in [0.3, 0.4) is 0 Å². The number of rotatable bonds is 4. The third kappa shape index (κ3) is 3.81. The maximum absolute atomic E-state index is 13.1. The molecule has 0 radical (unpaired) electrons. The van der Waals surface area contributed by atoms with Crippen molar-refractivity contribution in [2.24, 2.45) is 0 Å². The van der Waals surface area contributed by atoms with Crippen molar-refractivity contribution in [2.75, 3.05) is 0 Å². The van der Waals surface area contributed by atoms with Gasteiger partial charge in [-0.3, -0.25) is 0 Å². The summed E-state index contributed by atoms with van der Waals surface area (Å²) < 4.78 is 26.8. The van der Waals surface area contributed by atoms with Gasteiger partial charge in [0.05, 0.1) is 5.69 Å². The summed E-state index contributed by atoms with van der Waals surface area (Å²) in [6.07, 6.45) is 0. The molecule has 0 amide bonds. The number of hydrogen-bond donors (Lipinski definition) is 1. The third-order valence-electron chi connectivity index (χ3n) is 2.81. The highest BCUT2D eigenvalue weighted by Gasteiger charge is 2.09.